The molecule has 1 heterocycles. The Labute approximate surface area is 172 Å². The largest absolute Gasteiger partial charge is 0.457 e. The standard InChI is InChI=1S/C20H19ClN4O4/c1-13-5-3-4-6-19(13)29-17-10-15(9-16(11-17)25(27)28)23-20(26)7-8-24-14(2)18(21)12-22-24/h3-6,9-12H,7-8H2,1-2H3,(H,23,26). The number of halogens is 1. The molecule has 9 heteroatoms. The van der Waals surface area contributed by atoms with E-state index in [0.29, 0.717) is 17.3 Å². The molecule has 0 aliphatic heterocycles. The van der Waals surface area contributed by atoms with Gasteiger partial charge in [0.05, 0.1) is 40.1 Å². The number of hydrogen-bond acceptors (Lipinski definition) is 5. The highest BCUT2D eigenvalue weighted by atomic mass is 35.5. The monoisotopic (exact) mass is 414 g/mol. The molecule has 3 aromatic rings. The fourth-order valence-corrected chi connectivity index (χ4v) is 2.84. The molecule has 0 fully saturated rings. The van der Waals surface area contributed by atoms with E-state index in [0.717, 1.165) is 11.3 Å². The molecule has 1 N–H and O–H groups in total. The first-order valence-corrected chi connectivity index (χ1v) is 9.22. The van der Waals surface area contributed by atoms with E-state index in [-0.39, 0.29) is 29.5 Å². The van der Waals surface area contributed by atoms with Gasteiger partial charge in [0.2, 0.25) is 5.91 Å². The quantitative estimate of drug-likeness (QED) is 0.438. The molecule has 3 rings (SSSR count). The topological polar surface area (TPSA) is 99.3 Å². The molecule has 0 aliphatic rings. The molecule has 1 amide bonds. The molecule has 0 spiro atoms. The lowest BCUT2D eigenvalue weighted by molar-refractivity contribution is -0.384. The highest BCUT2D eigenvalue weighted by molar-refractivity contribution is 6.31. The third kappa shape index (κ3) is 5.11. The first-order chi connectivity index (χ1) is 13.8. The minimum atomic E-state index is -0.532. The fraction of sp³-hybridized carbons (Fsp3) is 0.200. The number of non-ortho nitro benzene ring substituents is 1. The predicted molar refractivity (Wildman–Crippen MR) is 110 cm³/mol. The molecule has 0 bridgehead atoms. The number of anilines is 1. The molecule has 0 unspecified atom stereocenters. The third-order valence-electron chi connectivity index (χ3n) is 4.30. The van der Waals surface area contributed by atoms with Gasteiger partial charge in [-0.05, 0) is 25.5 Å². The summed E-state index contributed by atoms with van der Waals surface area (Å²) in [4.78, 5) is 23.1. The van der Waals surface area contributed by atoms with E-state index in [1.165, 1.54) is 18.3 Å². The SMILES string of the molecule is Cc1ccccc1Oc1cc(NC(=O)CCn2ncc(Cl)c2C)cc([N+](=O)[O-])c1. The van der Waals surface area contributed by atoms with Crippen molar-refractivity contribution in [3.8, 4) is 11.5 Å². The fourth-order valence-electron chi connectivity index (χ4n) is 2.70. The van der Waals surface area contributed by atoms with Crippen LogP contribution >= 0.6 is 11.6 Å². The van der Waals surface area contributed by atoms with Gasteiger partial charge in [-0.15, -0.1) is 0 Å². The van der Waals surface area contributed by atoms with E-state index in [4.69, 9.17) is 16.3 Å². The van der Waals surface area contributed by atoms with E-state index in [9.17, 15) is 14.9 Å². The minimum Gasteiger partial charge on any atom is -0.457 e. The van der Waals surface area contributed by atoms with Crippen molar-refractivity contribution in [1.29, 1.82) is 0 Å². The lowest BCUT2D eigenvalue weighted by atomic mass is 10.2. The van der Waals surface area contributed by atoms with Gasteiger partial charge in [0.15, 0.2) is 0 Å². The Hall–Kier alpha value is -3.39. The number of amides is 1. The zero-order valence-corrected chi connectivity index (χ0v) is 16.6. The van der Waals surface area contributed by atoms with Crippen molar-refractivity contribution >= 4 is 28.9 Å². The smallest absolute Gasteiger partial charge is 0.275 e. The second kappa shape index (κ2) is 8.74. The van der Waals surface area contributed by atoms with Crippen molar-refractivity contribution < 1.29 is 14.5 Å². The zero-order chi connectivity index (χ0) is 21.0. The summed E-state index contributed by atoms with van der Waals surface area (Å²) in [6.45, 7) is 4.02. The molecule has 0 saturated heterocycles. The Balaban J connectivity index is 1.74. The summed E-state index contributed by atoms with van der Waals surface area (Å²) in [6.07, 6.45) is 1.65. The first-order valence-electron chi connectivity index (χ1n) is 8.84. The number of carbonyl (C=O) groups is 1. The van der Waals surface area contributed by atoms with Gasteiger partial charge in [0.1, 0.15) is 11.5 Å². The van der Waals surface area contributed by atoms with Crippen molar-refractivity contribution in [2.45, 2.75) is 26.8 Å². The van der Waals surface area contributed by atoms with E-state index in [1.807, 2.05) is 32.0 Å². The van der Waals surface area contributed by atoms with Crippen LogP contribution in [0.1, 0.15) is 17.7 Å². The van der Waals surface area contributed by atoms with Gasteiger partial charge in [-0.2, -0.15) is 5.10 Å². The molecule has 150 valence electrons. The van der Waals surface area contributed by atoms with Crippen LogP contribution in [-0.4, -0.2) is 20.6 Å². The van der Waals surface area contributed by atoms with E-state index in [2.05, 4.69) is 10.4 Å². The highest BCUT2D eigenvalue weighted by Crippen LogP contribution is 2.31. The molecule has 29 heavy (non-hydrogen) atoms. The number of hydrogen-bond donors (Lipinski definition) is 1. The number of aryl methyl sites for hydroxylation is 2. The second-order valence-electron chi connectivity index (χ2n) is 6.44. The van der Waals surface area contributed by atoms with Crippen LogP contribution in [0.4, 0.5) is 11.4 Å². The molecular weight excluding hydrogens is 396 g/mol. The van der Waals surface area contributed by atoms with Crippen molar-refractivity contribution in [3.05, 3.63) is 75.1 Å². The van der Waals surface area contributed by atoms with Crippen LogP contribution in [0.3, 0.4) is 0 Å². The number of aromatic nitrogens is 2. The number of nitro benzene ring substituents is 1. The molecule has 0 radical (unpaired) electrons. The second-order valence-corrected chi connectivity index (χ2v) is 6.85. The van der Waals surface area contributed by atoms with Crippen LogP contribution in [0, 0.1) is 24.0 Å². The van der Waals surface area contributed by atoms with E-state index in [1.54, 1.807) is 16.8 Å². The Morgan fingerprint density at radius 3 is 2.69 bits per heavy atom. The Morgan fingerprint density at radius 2 is 2.03 bits per heavy atom. The highest BCUT2D eigenvalue weighted by Gasteiger charge is 2.14. The molecule has 0 atom stereocenters. The van der Waals surface area contributed by atoms with Crippen LogP contribution in [-0.2, 0) is 11.3 Å². The van der Waals surface area contributed by atoms with Crippen LogP contribution in [0.5, 0.6) is 11.5 Å². The average molecular weight is 415 g/mol. The van der Waals surface area contributed by atoms with Gasteiger partial charge in [0.25, 0.3) is 5.69 Å². The number of ether oxygens (including phenoxy) is 1. The number of benzene rings is 2. The third-order valence-corrected chi connectivity index (χ3v) is 4.67. The Morgan fingerprint density at radius 1 is 1.28 bits per heavy atom. The Bertz CT molecular complexity index is 1060. The molecule has 1 aromatic heterocycles. The van der Waals surface area contributed by atoms with E-state index >= 15 is 0 Å². The summed E-state index contributed by atoms with van der Waals surface area (Å²) in [5.74, 6) is 0.535. The summed E-state index contributed by atoms with van der Waals surface area (Å²) in [6, 6.07) is 11.5. The summed E-state index contributed by atoms with van der Waals surface area (Å²) in [5, 5.41) is 18.6. The normalized spacial score (nSPS) is 10.6. The summed E-state index contributed by atoms with van der Waals surface area (Å²) < 4.78 is 7.41. The van der Waals surface area contributed by atoms with Gasteiger partial charge in [-0.1, -0.05) is 29.8 Å². The minimum absolute atomic E-state index is 0.134. The van der Waals surface area contributed by atoms with Gasteiger partial charge in [-0.3, -0.25) is 19.6 Å². The number of carbonyl (C=O) groups excluding carboxylic acids is 1. The number of nitro groups is 1. The Kier molecular flexibility index (Phi) is 6.13. The maximum absolute atomic E-state index is 12.3. The lowest BCUT2D eigenvalue weighted by Gasteiger charge is -2.11. The van der Waals surface area contributed by atoms with Crippen molar-refractivity contribution in [2.75, 3.05) is 5.32 Å². The van der Waals surface area contributed by atoms with Gasteiger partial charge in [-0.25, -0.2) is 0 Å². The van der Waals surface area contributed by atoms with Crippen LogP contribution in [0.15, 0.2) is 48.7 Å². The van der Waals surface area contributed by atoms with Crippen LogP contribution in [0.2, 0.25) is 5.02 Å². The summed E-state index contributed by atoms with van der Waals surface area (Å²) in [5.41, 5.74) is 1.76. The number of nitrogens with zero attached hydrogens (tertiary/aromatic N) is 3. The summed E-state index contributed by atoms with van der Waals surface area (Å²) in [7, 11) is 0. The molecular formula is C20H19ClN4O4. The van der Waals surface area contributed by atoms with E-state index < -0.39 is 4.92 Å². The van der Waals surface area contributed by atoms with Crippen molar-refractivity contribution in [2.24, 2.45) is 0 Å². The summed E-state index contributed by atoms with van der Waals surface area (Å²) >= 11 is 5.95. The average Bonchev–Trinajstić information content (AvgIpc) is 3.00. The molecule has 8 nitrogen and oxygen atoms in total. The van der Waals surface area contributed by atoms with Gasteiger partial charge < -0.3 is 10.1 Å². The molecule has 2 aromatic carbocycles. The number of nitrogens with one attached hydrogen (secondary N) is 1. The van der Waals surface area contributed by atoms with Crippen molar-refractivity contribution in [1.82, 2.24) is 9.78 Å². The van der Waals surface area contributed by atoms with Crippen LogP contribution in [0.25, 0.3) is 0 Å². The van der Waals surface area contributed by atoms with Gasteiger partial charge in [0, 0.05) is 18.6 Å². The maximum Gasteiger partial charge on any atom is 0.275 e. The van der Waals surface area contributed by atoms with Crippen LogP contribution < -0.4 is 10.1 Å². The predicted octanol–water partition coefficient (Wildman–Crippen LogP) is 4.88. The maximum atomic E-state index is 12.3. The van der Waals surface area contributed by atoms with Crippen molar-refractivity contribution in [3.63, 3.8) is 0 Å². The molecule has 0 aliphatic carbocycles. The lowest BCUT2D eigenvalue weighted by Crippen LogP contribution is -2.15. The molecule has 0 saturated carbocycles. The first kappa shape index (κ1) is 20.3. The number of rotatable bonds is 7. The number of para-hydroxylation sites is 1. The zero-order valence-electron chi connectivity index (χ0n) is 15.9. The van der Waals surface area contributed by atoms with Gasteiger partial charge >= 0.3 is 0 Å².